The molecule has 1 aromatic carbocycles. The second-order valence-electron chi connectivity index (χ2n) is 7.10. The fourth-order valence-electron chi connectivity index (χ4n) is 3.69. The topological polar surface area (TPSA) is 62.9 Å². The zero-order valence-corrected chi connectivity index (χ0v) is 16.6. The number of nitrogens with zero attached hydrogens (tertiary/aromatic N) is 5. The van der Waals surface area contributed by atoms with Crippen LogP contribution in [0.5, 0.6) is 0 Å². The van der Waals surface area contributed by atoms with Crippen LogP contribution in [-0.2, 0) is 4.79 Å². The Balaban J connectivity index is 1.48. The van der Waals surface area contributed by atoms with Gasteiger partial charge in [0.25, 0.3) is 5.56 Å². The van der Waals surface area contributed by atoms with E-state index in [1.807, 2.05) is 18.2 Å². The molecule has 146 valence electrons. The maximum Gasteiger partial charge on any atom is 0.291 e. The molecule has 1 aliphatic rings. The number of aryl methyl sites for hydroxylation is 1. The fraction of sp³-hybridized carbons (Fsp3) is 0.350. The molecule has 1 atom stereocenters. The minimum absolute atomic E-state index is 0.0898. The number of carbonyl (C=O) groups excluding carboxylic acids is 1. The van der Waals surface area contributed by atoms with Gasteiger partial charge in [0.05, 0.1) is 0 Å². The Morgan fingerprint density at radius 1 is 1.18 bits per heavy atom. The molecule has 0 radical (unpaired) electrons. The molecule has 3 heterocycles. The quantitative estimate of drug-likeness (QED) is 0.678. The van der Waals surface area contributed by atoms with E-state index >= 15 is 0 Å². The van der Waals surface area contributed by atoms with Crippen LogP contribution < -0.4 is 10.5 Å². The van der Waals surface area contributed by atoms with Crippen molar-refractivity contribution in [1.29, 1.82) is 0 Å². The summed E-state index contributed by atoms with van der Waals surface area (Å²) >= 11 is 6.14. The Labute approximate surface area is 167 Å². The van der Waals surface area contributed by atoms with Gasteiger partial charge in [-0.2, -0.15) is 5.10 Å². The Hall–Kier alpha value is -2.80. The SMILES string of the molecule is Cc1ccc(Cl)cc1N1CCN(C(=O)[C@@H](C)n2ncn3cccc3c2=O)CC1. The first kappa shape index (κ1) is 18.6. The summed E-state index contributed by atoms with van der Waals surface area (Å²) in [6, 6.07) is 8.72. The number of hydrogen-bond donors (Lipinski definition) is 0. The smallest absolute Gasteiger partial charge is 0.291 e. The molecular weight excluding hydrogens is 378 g/mol. The number of rotatable bonds is 3. The first-order valence-electron chi connectivity index (χ1n) is 9.30. The lowest BCUT2D eigenvalue weighted by atomic mass is 10.1. The van der Waals surface area contributed by atoms with Crippen molar-refractivity contribution >= 4 is 28.7 Å². The molecule has 3 aromatic rings. The van der Waals surface area contributed by atoms with Crippen molar-refractivity contribution in [3.05, 3.63) is 63.8 Å². The Bertz CT molecular complexity index is 1080. The van der Waals surface area contributed by atoms with Crippen LogP contribution in [0.15, 0.2) is 47.7 Å². The lowest BCUT2D eigenvalue weighted by Gasteiger charge is -2.37. The van der Waals surface area contributed by atoms with Crippen molar-refractivity contribution in [2.75, 3.05) is 31.1 Å². The third-order valence-electron chi connectivity index (χ3n) is 5.33. The molecule has 1 saturated heterocycles. The lowest BCUT2D eigenvalue weighted by Crippen LogP contribution is -2.51. The number of anilines is 1. The van der Waals surface area contributed by atoms with Gasteiger partial charge in [0.1, 0.15) is 17.9 Å². The van der Waals surface area contributed by atoms with Crippen LogP contribution >= 0.6 is 11.6 Å². The van der Waals surface area contributed by atoms with E-state index < -0.39 is 6.04 Å². The average Bonchev–Trinajstić information content (AvgIpc) is 3.19. The molecule has 0 N–H and O–H groups in total. The molecule has 4 rings (SSSR count). The summed E-state index contributed by atoms with van der Waals surface area (Å²) in [6.45, 7) is 6.42. The Morgan fingerprint density at radius 2 is 1.93 bits per heavy atom. The van der Waals surface area contributed by atoms with E-state index in [4.69, 9.17) is 11.6 Å². The first-order valence-corrected chi connectivity index (χ1v) is 9.68. The standard InChI is InChI=1S/C20H22ClN5O2/c1-14-5-6-16(21)12-18(14)23-8-10-24(11-9-23)19(27)15(2)26-20(28)17-4-3-7-25(17)13-22-26/h3-7,12-13,15H,8-11H2,1-2H3/t15-/m1/s1. The molecule has 2 aromatic heterocycles. The number of halogens is 1. The molecule has 8 heteroatoms. The van der Waals surface area contributed by atoms with Crippen molar-refractivity contribution < 1.29 is 4.79 Å². The molecule has 0 saturated carbocycles. The van der Waals surface area contributed by atoms with E-state index in [0.717, 1.165) is 24.3 Å². The van der Waals surface area contributed by atoms with Gasteiger partial charge in [-0.3, -0.25) is 9.59 Å². The van der Waals surface area contributed by atoms with E-state index in [0.29, 0.717) is 23.6 Å². The third-order valence-corrected chi connectivity index (χ3v) is 5.57. The van der Waals surface area contributed by atoms with Gasteiger partial charge < -0.3 is 14.2 Å². The van der Waals surface area contributed by atoms with Gasteiger partial charge in [-0.15, -0.1) is 0 Å². The van der Waals surface area contributed by atoms with Crippen molar-refractivity contribution in [2.24, 2.45) is 0 Å². The number of piperazine rings is 1. The summed E-state index contributed by atoms with van der Waals surface area (Å²) < 4.78 is 2.92. The number of aromatic nitrogens is 3. The van der Waals surface area contributed by atoms with Gasteiger partial charge in [-0.05, 0) is 43.7 Å². The first-order chi connectivity index (χ1) is 13.5. The van der Waals surface area contributed by atoms with Crippen molar-refractivity contribution in [3.63, 3.8) is 0 Å². The minimum Gasteiger partial charge on any atom is -0.368 e. The van der Waals surface area contributed by atoms with Gasteiger partial charge >= 0.3 is 0 Å². The molecule has 28 heavy (non-hydrogen) atoms. The summed E-state index contributed by atoms with van der Waals surface area (Å²) in [5.41, 5.74) is 2.51. The molecule has 0 spiro atoms. The maximum atomic E-state index is 13.0. The largest absolute Gasteiger partial charge is 0.368 e. The number of benzene rings is 1. The summed E-state index contributed by atoms with van der Waals surface area (Å²) in [5.74, 6) is -0.0898. The number of amides is 1. The highest BCUT2D eigenvalue weighted by Crippen LogP contribution is 2.25. The Morgan fingerprint density at radius 3 is 2.68 bits per heavy atom. The van der Waals surface area contributed by atoms with Crippen LogP contribution in [-0.4, -0.2) is 51.2 Å². The van der Waals surface area contributed by atoms with E-state index in [1.165, 1.54) is 4.68 Å². The highest BCUT2D eigenvalue weighted by molar-refractivity contribution is 6.30. The second-order valence-corrected chi connectivity index (χ2v) is 7.54. The number of hydrogen-bond acceptors (Lipinski definition) is 4. The van der Waals surface area contributed by atoms with Crippen molar-refractivity contribution in [3.8, 4) is 0 Å². The van der Waals surface area contributed by atoms with Crippen LogP contribution in [0.1, 0.15) is 18.5 Å². The summed E-state index contributed by atoms with van der Waals surface area (Å²) in [4.78, 5) is 29.6. The molecule has 1 fully saturated rings. The van der Waals surface area contributed by atoms with E-state index in [9.17, 15) is 9.59 Å². The molecular formula is C20H22ClN5O2. The average molecular weight is 400 g/mol. The molecule has 0 bridgehead atoms. The zero-order chi connectivity index (χ0) is 19.8. The van der Waals surface area contributed by atoms with Gasteiger partial charge in [0.2, 0.25) is 5.91 Å². The zero-order valence-electron chi connectivity index (χ0n) is 15.9. The number of carbonyl (C=O) groups is 1. The molecule has 0 unspecified atom stereocenters. The lowest BCUT2D eigenvalue weighted by molar-refractivity contribution is -0.135. The van der Waals surface area contributed by atoms with E-state index in [2.05, 4.69) is 16.9 Å². The highest BCUT2D eigenvalue weighted by Gasteiger charge is 2.28. The monoisotopic (exact) mass is 399 g/mol. The molecule has 0 aliphatic carbocycles. The maximum absolute atomic E-state index is 13.0. The van der Waals surface area contributed by atoms with Gasteiger partial charge in [-0.1, -0.05) is 17.7 Å². The van der Waals surface area contributed by atoms with Crippen LogP contribution in [0.4, 0.5) is 5.69 Å². The van der Waals surface area contributed by atoms with Crippen LogP contribution in [0.2, 0.25) is 5.02 Å². The van der Waals surface area contributed by atoms with Crippen LogP contribution in [0.3, 0.4) is 0 Å². The third kappa shape index (κ3) is 3.26. The Kier molecular flexibility index (Phi) is 4.85. The van der Waals surface area contributed by atoms with E-state index in [1.54, 1.807) is 40.9 Å². The molecule has 1 amide bonds. The summed E-state index contributed by atoms with van der Waals surface area (Å²) in [5, 5.41) is 4.88. The van der Waals surface area contributed by atoms with Gasteiger partial charge in [0.15, 0.2) is 0 Å². The van der Waals surface area contributed by atoms with E-state index in [-0.39, 0.29) is 11.5 Å². The minimum atomic E-state index is -0.646. The fourth-order valence-corrected chi connectivity index (χ4v) is 3.86. The normalized spacial score (nSPS) is 15.8. The van der Waals surface area contributed by atoms with Gasteiger partial charge in [-0.25, -0.2) is 4.68 Å². The summed E-state index contributed by atoms with van der Waals surface area (Å²) in [6.07, 6.45) is 3.32. The molecule has 7 nitrogen and oxygen atoms in total. The van der Waals surface area contributed by atoms with Crippen LogP contribution in [0, 0.1) is 6.92 Å². The van der Waals surface area contributed by atoms with Crippen molar-refractivity contribution in [2.45, 2.75) is 19.9 Å². The number of fused-ring (bicyclic) bond motifs is 1. The van der Waals surface area contributed by atoms with Gasteiger partial charge in [0, 0.05) is 43.1 Å². The van der Waals surface area contributed by atoms with Crippen molar-refractivity contribution in [1.82, 2.24) is 19.1 Å². The molecule has 1 aliphatic heterocycles. The van der Waals surface area contributed by atoms with Crippen LogP contribution in [0.25, 0.3) is 5.52 Å². The summed E-state index contributed by atoms with van der Waals surface area (Å²) in [7, 11) is 0. The predicted molar refractivity (Wildman–Crippen MR) is 109 cm³/mol. The highest BCUT2D eigenvalue weighted by atomic mass is 35.5. The predicted octanol–water partition coefficient (Wildman–Crippen LogP) is 2.37. The second kappa shape index (κ2) is 7.31.